The van der Waals surface area contributed by atoms with Gasteiger partial charge in [0.1, 0.15) is 11.6 Å². The first-order valence-electron chi connectivity index (χ1n) is 11.1. The molecule has 1 aliphatic heterocycles. The highest BCUT2D eigenvalue weighted by atomic mass is 35.5. The summed E-state index contributed by atoms with van der Waals surface area (Å²) in [5.74, 6) is 1.38. The Kier molecular flexibility index (Phi) is 5.77. The number of hydrogen-bond acceptors (Lipinski definition) is 4. The molecule has 0 aliphatic carbocycles. The second kappa shape index (κ2) is 8.85. The minimum Gasteiger partial charge on any atom is -0.508 e. The van der Waals surface area contributed by atoms with Crippen LogP contribution in [0.5, 0.6) is 5.75 Å². The van der Waals surface area contributed by atoms with Crippen LogP contribution in [-0.4, -0.2) is 45.7 Å². The minimum absolute atomic E-state index is 0.187. The predicted molar refractivity (Wildman–Crippen MR) is 131 cm³/mol. The van der Waals surface area contributed by atoms with Gasteiger partial charge in [-0.2, -0.15) is 0 Å². The molecule has 1 N–H and O–H groups in total. The molecule has 1 unspecified atom stereocenters. The lowest BCUT2D eigenvalue weighted by Gasteiger charge is -2.39. The molecule has 4 aromatic rings. The van der Waals surface area contributed by atoms with Crippen molar-refractivity contribution in [2.75, 3.05) is 31.1 Å². The lowest BCUT2D eigenvalue weighted by Crippen LogP contribution is -2.47. The number of imidazole rings is 1. The second-order valence-corrected chi connectivity index (χ2v) is 8.83. The molecule has 5 rings (SSSR count). The molecule has 164 valence electrons. The van der Waals surface area contributed by atoms with Gasteiger partial charge in [0.15, 0.2) is 0 Å². The summed E-state index contributed by atoms with van der Waals surface area (Å²) in [7, 11) is 0. The van der Waals surface area contributed by atoms with Gasteiger partial charge in [-0.3, -0.25) is 4.90 Å². The van der Waals surface area contributed by atoms with E-state index >= 15 is 0 Å². The number of benzene rings is 3. The van der Waals surface area contributed by atoms with E-state index in [1.54, 1.807) is 12.1 Å². The molecule has 0 amide bonds. The molecule has 1 atom stereocenters. The lowest BCUT2D eigenvalue weighted by molar-refractivity contribution is 0.189. The van der Waals surface area contributed by atoms with Gasteiger partial charge in [-0.05, 0) is 55.0 Å². The van der Waals surface area contributed by atoms with E-state index in [4.69, 9.17) is 16.6 Å². The first kappa shape index (κ1) is 20.9. The number of hydrogen-bond donors (Lipinski definition) is 1. The maximum absolute atomic E-state index is 9.56. The van der Waals surface area contributed by atoms with Crippen LogP contribution < -0.4 is 4.90 Å². The van der Waals surface area contributed by atoms with Crippen LogP contribution in [0.3, 0.4) is 0 Å². The highest BCUT2D eigenvalue weighted by Crippen LogP contribution is 2.29. The number of aromatic nitrogens is 2. The fourth-order valence-corrected chi connectivity index (χ4v) is 4.73. The van der Waals surface area contributed by atoms with Crippen LogP contribution in [0.2, 0.25) is 5.02 Å². The average molecular weight is 447 g/mol. The Morgan fingerprint density at radius 3 is 2.38 bits per heavy atom. The summed E-state index contributed by atoms with van der Waals surface area (Å²) in [4.78, 5) is 9.90. The predicted octanol–water partition coefficient (Wildman–Crippen LogP) is 5.33. The van der Waals surface area contributed by atoms with Gasteiger partial charge in [-0.15, -0.1) is 0 Å². The monoisotopic (exact) mass is 446 g/mol. The van der Waals surface area contributed by atoms with E-state index in [1.807, 2.05) is 30.3 Å². The first-order chi connectivity index (χ1) is 15.6. The largest absolute Gasteiger partial charge is 0.508 e. The Balaban J connectivity index is 1.40. The Hall–Kier alpha value is -3.02. The number of nitrogens with zero attached hydrogens (tertiary/aromatic N) is 4. The maximum Gasteiger partial charge on any atom is 0.127 e. The second-order valence-electron chi connectivity index (χ2n) is 8.39. The topological polar surface area (TPSA) is 44.5 Å². The summed E-state index contributed by atoms with van der Waals surface area (Å²) in [6, 6.07) is 24.2. The van der Waals surface area contributed by atoms with Crippen molar-refractivity contribution in [2.24, 2.45) is 0 Å². The Bertz CT molecular complexity index is 1200. The van der Waals surface area contributed by atoms with E-state index in [2.05, 4.69) is 51.6 Å². The molecule has 2 heterocycles. The molecule has 1 fully saturated rings. The summed E-state index contributed by atoms with van der Waals surface area (Å²) in [6.45, 7) is 6.83. The summed E-state index contributed by atoms with van der Waals surface area (Å²) in [5, 5.41) is 10.3. The zero-order valence-corrected chi connectivity index (χ0v) is 18.9. The van der Waals surface area contributed by atoms with Crippen LogP contribution in [0, 0.1) is 0 Å². The molecule has 0 saturated carbocycles. The summed E-state index contributed by atoms with van der Waals surface area (Å²) >= 11 is 6.27. The normalized spacial score (nSPS) is 15.9. The first-order valence-corrected chi connectivity index (χ1v) is 11.4. The van der Waals surface area contributed by atoms with Crippen LogP contribution in [-0.2, 0) is 6.54 Å². The van der Waals surface area contributed by atoms with E-state index in [0.717, 1.165) is 55.3 Å². The summed E-state index contributed by atoms with van der Waals surface area (Å²) < 4.78 is 2.33. The van der Waals surface area contributed by atoms with Gasteiger partial charge in [0.05, 0.1) is 17.1 Å². The molecular weight excluding hydrogens is 420 g/mol. The Morgan fingerprint density at radius 1 is 0.938 bits per heavy atom. The minimum atomic E-state index is 0.187. The number of anilines is 1. The highest BCUT2D eigenvalue weighted by Gasteiger charge is 2.26. The molecule has 32 heavy (non-hydrogen) atoms. The fourth-order valence-electron chi connectivity index (χ4n) is 4.57. The fraction of sp³-hybridized carbons (Fsp3) is 0.269. The van der Waals surface area contributed by atoms with E-state index in [9.17, 15) is 5.11 Å². The van der Waals surface area contributed by atoms with E-state index < -0.39 is 0 Å². The van der Waals surface area contributed by atoms with Crippen molar-refractivity contribution >= 4 is 28.3 Å². The van der Waals surface area contributed by atoms with Gasteiger partial charge in [0, 0.05) is 43.4 Å². The average Bonchev–Trinajstić information content (AvgIpc) is 3.17. The molecule has 0 radical (unpaired) electrons. The number of phenols is 1. The van der Waals surface area contributed by atoms with Gasteiger partial charge in [-0.25, -0.2) is 4.98 Å². The van der Waals surface area contributed by atoms with Gasteiger partial charge in [0.25, 0.3) is 0 Å². The molecule has 0 bridgehead atoms. The molecule has 1 saturated heterocycles. The number of fused-ring (bicyclic) bond motifs is 1. The van der Waals surface area contributed by atoms with Gasteiger partial charge in [-0.1, -0.05) is 41.9 Å². The third-order valence-electron chi connectivity index (χ3n) is 6.37. The molecule has 6 heteroatoms. The Morgan fingerprint density at radius 2 is 1.66 bits per heavy atom. The number of rotatable bonds is 5. The summed E-state index contributed by atoms with van der Waals surface area (Å²) in [6.07, 6.45) is 0. The molecular formula is C26H27ClN4O. The number of phenolic OH excluding ortho intramolecular Hbond substituents is 1. The van der Waals surface area contributed by atoms with Crippen molar-refractivity contribution in [3.05, 3.63) is 89.2 Å². The van der Waals surface area contributed by atoms with Crippen LogP contribution >= 0.6 is 11.6 Å². The van der Waals surface area contributed by atoms with Crippen LogP contribution in [0.15, 0.2) is 72.8 Å². The third kappa shape index (κ3) is 4.18. The Labute approximate surface area is 193 Å². The van der Waals surface area contributed by atoms with Crippen LogP contribution in [0.25, 0.3) is 11.0 Å². The van der Waals surface area contributed by atoms with Crippen molar-refractivity contribution in [3.8, 4) is 5.75 Å². The van der Waals surface area contributed by atoms with E-state index in [-0.39, 0.29) is 6.04 Å². The van der Waals surface area contributed by atoms with Crippen molar-refractivity contribution in [3.63, 3.8) is 0 Å². The van der Waals surface area contributed by atoms with Gasteiger partial charge < -0.3 is 14.6 Å². The third-order valence-corrected chi connectivity index (χ3v) is 6.61. The maximum atomic E-state index is 9.56. The molecule has 1 aromatic heterocycles. The molecule has 3 aromatic carbocycles. The van der Waals surface area contributed by atoms with Crippen molar-refractivity contribution in [1.82, 2.24) is 14.5 Å². The summed E-state index contributed by atoms with van der Waals surface area (Å²) in [5.41, 5.74) is 4.47. The number of piperazine rings is 1. The molecule has 1 aliphatic rings. The van der Waals surface area contributed by atoms with Crippen molar-refractivity contribution < 1.29 is 5.11 Å². The van der Waals surface area contributed by atoms with Gasteiger partial charge >= 0.3 is 0 Å². The zero-order valence-electron chi connectivity index (χ0n) is 18.2. The van der Waals surface area contributed by atoms with Crippen molar-refractivity contribution in [2.45, 2.75) is 19.5 Å². The lowest BCUT2D eigenvalue weighted by atomic mass is 10.1. The molecule has 0 spiro atoms. The smallest absolute Gasteiger partial charge is 0.127 e. The number of halogens is 1. The van der Waals surface area contributed by atoms with Crippen molar-refractivity contribution in [1.29, 1.82) is 0 Å². The van der Waals surface area contributed by atoms with E-state index in [0.29, 0.717) is 10.8 Å². The van der Waals surface area contributed by atoms with Gasteiger partial charge in [0.2, 0.25) is 0 Å². The van der Waals surface area contributed by atoms with Crippen LogP contribution in [0.1, 0.15) is 24.4 Å². The zero-order chi connectivity index (χ0) is 22.1. The van der Waals surface area contributed by atoms with Crippen LogP contribution in [0.4, 0.5) is 5.69 Å². The van der Waals surface area contributed by atoms with E-state index in [1.165, 1.54) is 5.56 Å². The number of aromatic hydroxyl groups is 1. The standard InChI is InChI=1S/C26H27ClN4O/c1-19(29-13-15-30(16-14-29)22-8-10-23(32)11-9-22)26-28-24-17-21(27)7-12-25(24)31(26)18-20-5-3-2-4-6-20/h2-12,17,19,32H,13-16,18H2,1H3. The SMILES string of the molecule is CC(c1nc2cc(Cl)ccc2n1Cc1ccccc1)N1CCN(c2ccc(O)cc2)CC1. The highest BCUT2D eigenvalue weighted by molar-refractivity contribution is 6.31. The molecule has 5 nitrogen and oxygen atoms in total. The quantitative estimate of drug-likeness (QED) is 0.450.